The third kappa shape index (κ3) is 2.03. The Bertz CT molecular complexity index is 201. The summed E-state index contributed by atoms with van der Waals surface area (Å²) < 4.78 is 0. The predicted octanol–water partition coefficient (Wildman–Crippen LogP) is 1.82. The van der Waals surface area contributed by atoms with Gasteiger partial charge in [-0.15, -0.1) is 0 Å². The summed E-state index contributed by atoms with van der Waals surface area (Å²) in [5, 5.41) is 0. The minimum Gasteiger partial charge on any atom is -0.323 e. The van der Waals surface area contributed by atoms with E-state index in [1.807, 2.05) is 42.5 Å². The molecular weight excluding hydrogens is 122 g/mol. The molecule has 0 aliphatic heterocycles. The molecule has 1 aromatic carbocycles. The zero-order chi connectivity index (χ0) is 7.23. The molecule has 1 rings (SSSR count). The number of hydrogen-bond acceptors (Lipinski definition) is 1. The van der Waals surface area contributed by atoms with Gasteiger partial charge in [0.25, 0.3) is 0 Å². The Labute approximate surface area is 61.2 Å². The lowest BCUT2D eigenvalue weighted by molar-refractivity contribution is 1.45. The molecule has 0 aliphatic rings. The minimum atomic E-state index is 1.17. The molecule has 0 spiro atoms. The van der Waals surface area contributed by atoms with Gasteiger partial charge >= 0.3 is 0 Å². The summed E-state index contributed by atoms with van der Waals surface area (Å²) >= 11 is 0. The quantitative estimate of drug-likeness (QED) is 0.652. The van der Waals surface area contributed by atoms with Crippen LogP contribution in [0.25, 0.3) is 6.08 Å². The van der Waals surface area contributed by atoms with Crippen molar-refractivity contribution in [2.45, 2.75) is 0 Å². The monoisotopic (exact) mass is 132 g/mol. The molecule has 0 atom stereocenters. The number of hydrogen-bond donors (Lipinski definition) is 1. The van der Waals surface area contributed by atoms with E-state index < -0.39 is 0 Å². The first-order valence-corrected chi connectivity index (χ1v) is 3.20. The molecule has 1 aromatic rings. The molecule has 0 unspecified atom stereocenters. The van der Waals surface area contributed by atoms with Gasteiger partial charge in [0.05, 0.1) is 0 Å². The SMILES string of the molecule is N[CH]/C=C/c1ccccc1. The van der Waals surface area contributed by atoms with Crippen LogP contribution in [0.15, 0.2) is 36.4 Å². The Morgan fingerprint density at radius 1 is 1.10 bits per heavy atom. The molecule has 0 aromatic heterocycles. The lowest BCUT2D eigenvalue weighted by Gasteiger charge is -1.88. The Kier molecular flexibility index (Phi) is 2.71. The van der Waals surface area contributed by atoms with Crippen molar-refractivity contribution in [3.05, 3.63) is 48.5 Å². The van der Waals surface area contributed by atoms with Crippen molar-refractivity contribution in [3.63, 3.8) is 0 Å². The minimum absolute atomic E-state index is 1.17. The lowest BCUT2D eigenvalue weighted by Crippen LogP contribution is -1.82. The fourth-order valence-electron chi connectivity index (χ4n) is 0.731. The van der Waals surface area contributed by atoms with E-state index in [1.165, 1.54) is 12.1 Å². The molecule has 2 N–H and O–H groups in total. The highest BCUT2D eigenvalue weighted by Gasteiger charge is 1.79. The van der Waals surface area contributed by atoms with Crippen LogP contribution in [0.4, 0.5) is 0 Å². The van der Waals surface area contributed by atoms with Gasteiger partial charge in [-0.3, -0.25) is 0 Å². The van der Waals surface area contributed by atoms with E-state index in [1.54, 1.807) is 0 Å². The summed E-state index contributed by atoms with van der Waals surface area (Å²) in [6.07, 6.45) is 3.77. The second-order valence-electron chi connectivity index (χ2n) is 1.96. The van der Waals surface area contributed by atoms with Gasteiger partial charge in [0.2, 0.25) is 0 Å². The maximum atomic E-state index is 5.16. The standard InChI is InChI=1S/C9H10N/c10-8-4-7-9-5-2-1-3-6-9/h1-8H,10H2/b7-4+. The second-order valence-corrected chi connectivity index (χ2v) is 1.96. The molecule has 0 saturated heterocycles. The van der Waals surface area contributed by atoms with E-state index in [0.29, 0.717) is 0 Å². The number of benzene rings is 1. The molecule has 1 nitrogen and oxygen atoms in total. The molecule has 0 fully saturated rings. The molecule has 10 heavy (non-hydrogen) atoms. The average Bonchev–Trinajstić information content (AvgIpc) is 2.03. The topological polar surface area (TPSA) is 26.0 Å². The third-order valence-electron chi connectivity index (χ3n) is 1.20. The number of nitrogens with two attached hydrogens (primary N) is 1. The van der Waals surface area contributed by atoms with Gasteiger partial charge < -0.3 is 5.73 Å². The van der Waals surface area contributed by atoms with Crippen LogP contribution in [-0.2, 0) is 0 Å². The van der Waals surface area contributed by atoms with Gasteiger partial charge in [0.15, 0.2) is 0 Å². The molecule has 0 saturated carbocycles. The van der Waals surface area contributed by atoms with E-state index >= 15 is 0 Å². The van der Waals surface area contributed by atoms with Gasteiger partial charge in [-0.05, 0) is 5.56 Å². The van der Waals surface area contributed by atoms with Crippen molar-refractivity contribution >= 4 is 6.08 Å². The molecule has 1 heteroatoms. The summed E-state index contributed by atoms with van der Waals surface area (Å²) in [6.45, 7) is 1.52. The molecule has 0 heterocycles. The summed E-state index contributed by atoms with van der Waals surface area (Å²) in [7, 11) is 0. The first-order valence-electron chi connectivity index (χ1n) is 3.20. The summed E-state index contributed by atoms with van der Waals surface area (Å²) in [4.78, 5) is 0. The molecule has 0 bridgehead atoms. The van der Waals surface area contributed by atoms with Crippen molar-refractivity contribution in [1.82, 2.24) is 0 Å². The first-order chi connectivity index (χ1) is 4.93. The predicted molar refractivity (Wildman–Crippen MR) is 44.0 cm³/mol. The van der Waals surface area contributed by atoms with E-state index in [2.05, 4.69) is 0 Å². The number of rotatable bonds is 2. The second kappa shape index (κ2) is 3.85. The largest absolute Gasteiger partial charge is 0.323 e. The van der Waals surface area contributed by atoms with Gasteiger partial charge in [-0.1, -0.05) is 42.5 Å². The first kappa shape index (κ1) is 7.03. The van der Waals surface area contributed by atoms with Gasteiger partial charge in [0, 0.05) is 6.54 Å². The van der Waals surface area contributed by atoms with E-state index in [4.69, 9.17) is 5.73 Å². The van der Waals surface area contributed by atoms with Crippen LogP contribution in [0.3, 0.4) is 0 Å². The Morgan fingerprint density at radius 2 is 1.80 bits per heavy atom. The Balaban J connectivity index is 2.67. The molecular formula is C9H10N. The maximum absolute atomic E-state index is 5.16. The third-order valence-corrected chi connectivity index (χ3v) is 1.20. The zero-order valence-electron chi connectivity index (χ0n) is 5.70. The van der Waals surface area contributed by atoms with Crippen LogP contribution < -0.4 is 5.73 Å². The van der Waals surface area contributed by atoms with Gasteiger partial charge in [0.1, 0.15) is 0 Å². The smallest absolute Gasteiger partial charge is 0.0418 e. The van der Waals surface area contributed by atoms with Crippen molar-refractivity contribution < 1.29 is 0 Å². The van der Waals surface area contributed by atoms with Crippen LogP contribution in [0.1, 0.15) is 5.56 Å². The summed E-state index contributed by atoms with van der Waals surface area (Å²) in [5.74, 6) is 0. The normalized spacial score (nSPS) is 10.5. The highest BCUT2D eigenvalue weighted by molar-refractivity contribution is 5.49. The molecule has 0 amide bonds. The average molecular weight is 132 g/mol. The van der Waals surface area contributed by atoms with Crippen LogP contribution in [-0.4, -0.2) is 0 Å². The summed E-state index contributed by atoms with van der Waals surface area (Å²) in [5.41, 5.74) is 6.34. The van der Waals surface area contributed by atoms with E-state index in [-0.39, 0.29) is 0 Å². The Morgan fingerprint density at radius 3 is 2.40 bits per heavy atom. The Hall–Kier alpha value is -1.08. The van der Waals surface area contributed by atoms with Crippen LogP contribution in [0, 0.1) is 6.54 Å². The van der Waals surface area contributed by atoms with Crippen molar-refractivity contribution in [1.29, 1.82) is 0 Å². The van der Waals surface area contributed by atoms with Gasteiger partial charge in [-0.25, -0.2) is 0 Å². The van der Waals surface area contributed by atoms with Crippen molar-refractivity contribution in [2.24, 2.45) is 5.73 Å². The van der Waals surface area contributed by atoms with Gasteiger partial charge in [-0.2, -0.15) is 0 Å². The molecule has 1 radical (unpaired) electrons. The zero-order valence-corrected chi connectivity index (χ0v) is 5.70. The maximum Gasteiger partial charge on any atom is 0.0418 e. The highest BCUT2D eigenvalue weighted by Crippen LogP contribution is 1.99. The van der Waals surface area contributed by atoms with E-state index in [0.717, 1.165) is 0 Å². The molecule has 51 valence electrons. The highest BCUT2D eigenvalue weighted by atomic mass is 14.5. The van der Waals surface area contributed by atoms with Crippen molar-refractivity contribution in [3.8, 4) is 0 Å². The summed E-state index contributed by atoms with van der Waals surface area (Å²) in [6, 6.07) is 10.0. The fourth-order valence-corrected chi connectivity index (χ4v) is 0.731. The van der Waals surface area contributed by atoms with Crippen molar-refractivity contribution in [2.75, 3.05) is 0 Å². The molecule has 0 aliphatic carbocycles. The fraction of sp³-hybridized carbons (Fsp3) is 0. The van der Waals surface area contributed by atoms with Crippen LogP contribution in [0.5, 0.6) is 0 Å². The van der Waals surface area contributed by atoms with E-state index in [9.17, 15) is 0 Å². The van der Waals surface area contributed by atoms with Crippen LogP contribution >= 0.6 is 0 Å². The van der Waals surface area contributed by atoms with Crippen LogP contribution in [0.2, 0.25) is 0 Å². The lowest BCUT2D eigenvalue weighted by atomic mass is 10.2.